The lowest BCUT2D eigenvalue weighted by Crippen LogP contribution is -2.49. The van der Waals surface area contributed by atoms with Crippen molar-refractivity contribution in [3.8, 4) is 21.8 Å². The Morgan fingerprint density at radius 3 is 2.36 bits per heavy atom. The largest absolute Gasteiger partial charge is 0.467 e. The lowest BCUT2D eigenvalue weighted by Gasteiger charge is -2.37. The molecule has 8 nitrogen and oxygen atoms in total. The summed E-state index contributed by atoms with van der Waals surface area (Å²) in [7, 11) is 1.39. The summed E-state index contributed by atoms with van der Waals surface area (Å²) < 4.78 is 12.5. The molecule has 0 saturated carbocycles. The maximum Gasteiger partial charge on any atom is 0.339 e. The third kappa shape index (κ3) is 6.44. The first kappa shape index (κ1) is 30.4. The SMILES string of the molecule is COC(=O)C(OC(C)(C)C)c1c(C)cc2nc(-c3cncc(N4CCN(C(C)C)CC4)n3)sc2c1-c1ccc(Cl)cc1. The van der Waals surface area contributed by atoms with Crippen LogP contribution in [0, 0.1) is 6.92 Å². The Bertz CT molecular complexity index is 1570. The highest BCUT2D eigenvalue weighted by Crippen LogP contribution is 2.44. The Morgan fingerprint density at radius 1 is 1.05 bits per heavy atom. The normalized spacial score (nSPS) is 15.4. The van der Waals surface area contributed by atoms with Crippen molar-refractivity contribution in [3.05, 3.63) is 58.9 Å². The summed E-state index contributed by atoms with van der Waals surface area (Å²) >= 11 is 7.80. The van der Waals surface area contributed by atoms with Crippen molar-refractivity contribution in [3.63, 3.8) is 0 Å². The van der Waals surface area contributed by atoms with E-state index in [1.54, 1.807) is 6.20 Å². The van der Waals surface area contributed by atoms with Gasteiger partial charge in [0.25, 0.3) is 0 Å². The minimum Gasteiger partial charge on any atom is -0.467 e. The lowest BCUT2D eigenvalue weighted by atomic mass is 9.91. The molecule has 1 aliphatic heterocycles. The summed E-state index contributed by atoms with van der Waals surface area (Å²) in [5.41, 5.74) is 4.37. The van der Waals surface area contributed by atoms with Gasteiger partial charge in [-0.3, -0.25) is 9.88 Å². The number of thiazole rings is 1. The molecule has 0 N–H and O–H groups in total. The molecule has 10 heteroatoms. The molecule has 3 heterocycles. The van der Waals surface area contributed by atoms with Crippen molar-refractivity contribution in [1.29, 1.82) is 0 Å². The van der Waals surface area contributed by atoms with E-state index in [0.717, 1.165) is 75.2 Å². The molecule has 0 radical (unpaired) electrons. The molecule has 0 bridgehead atoms. The molecule has 1 atom stereocenters. The van der Waals surface area contributed by atoms with Crippen LogP contribution >= 0.6 is 22.9 Å². The summed E-state index contributed by atoms with van der Waals surface area (Å²) in [4.78, 5) is 32.5. The lowest BCUT2D eigenvalue weighted by molar-refractivity contribution is -0.164. The van der Waals surface area contributed by atoms with Crippen molar-refractivity contribution in [2.75, 3.05) is 38.2 Å². The second kappa shape index (κ2) is 12.2. The number of rotatable bonds is 7. The van der Waals surface area contributed by atoms with Gasteiger partial charge in [0.05, 0.1) is 35.3 Å². The number of halogens is 1. The zero-order valence-corrected chi connectivity index (χ0v) is 26.8. The van der Waals surface area contributed by atoms with Crippen LogP contribution in [0.3, 0.4) is 0 Å². The zero-order chi connectivity index (χ0) is 30.2. The van der Waals surface area contributed by atoms with E-state index in [4.69, 9.17) is 31.0 Å². The van der Waals surface area contributed by atoms with Crippen molar-refractivity contribution in [2.45, 2.75) is 59.3 Å². The first-order chi connectivity index (χ1) is 19.9. The van der Waals surface area contributed by atoms with Crippen LogP contribution in [0.2, 0.25) is 5.02 Å². The monoisotopic (exact) mass is 607 g/mol. The first-order valence-electron chi connectivity index (χ1n) is 14.2. The Hall–Kier alpha value is -3.11. The smallest absolute Gasteiger partial charge is 0.339 e. The number of ether oxygens (including phenoxy) is 2. The summed E-state index contributed by atoms with van der Waals surface area (Å²) in [5.74, 6) is 0.401. The Morgan fingerprint density at radius 2 is 1.74 bits per heavy atom. The van der Waals surface area contributed by atoms with Gasteiger partial charge in [-0.25, -0.2) is 14.8 Å². The second-order valence-electron chi connectivity index (χ2n) is 11.9. The van der Waals surface area contributed by atoms with E-state index in [-0.39, 0.29) is 0 Å². The highest BCUT2D eigenvalue weighted by molar-refractivity contribution is 7.22. The minimum absolute atomic E-state index is 0.455. The van der Waals surface area contributed by atoms with Crippen LogP contribution < -0.4 is 4.90 Å². The number of benzene rings is 2. The van der Waals surface area contributed by atoms with Crippen LogP contribution in [-0.2, 0) is 14.3 Å². The van der Waals surface area contributed by atoms with Crippen LogP contribution in [0.4, 0.5) is 5.82 Å². The van der Waals surface area contributed by atoms with Crippen molar-refractivity contribution in [1.82, 2.24) is 19.9 Å². The molecule has 42 heavy (non-hydrogen) atoms. The first-order valence-corrected chi connectivity index (χ1v) is 15.4. The average molecular weight is 608 g/mol. The number of piperazine rings is 1. The molecule has 1 fully saturated rings. The molecular weight excluding hydrogens is 570 g/mol. The van der Waals surface area contributed by atoms with E-state index in [2.05, 4.69) is 28.6 Å². The highest BCUT2D eigenvalue weighted by atomic mass is 35.5. The van der Waals surface area contributed by atoms with E-state index in [1.807, 2.05) is 64.2 Å². The topological polar surface area (TPSA) is 80.7 Å². The van der Waals surface area contributed by atoms with Gasteiger partial charge in [-0.2, -0.15) is 0 Å². The zero-order valence-electron chi connectivity index (χ0n) is 25.3. The number of methoxy groups -OCH3 is 1. The van der Waals surface area contributed by atoms with Crippen LogP contribution in [-0.4, -0.2) is 70.8 Å². The summed E-state index contributed by atoms with van der Waals surface area (Å²) in [5, 5.41) is 1.39. The van der Waals surface area contributed by atoms with Gasteiger partial charge in [0.1, 0.15) is 16.5 Å². The molecule has 4 aromatic rings. The number of nitrogens with zero attached hydrogens (tertiary/aromatic N) is 5. The van der Waals surface area contributed by atoms with E-state index >= 15 is 0 Å². The Balaban J connectivity index is 1.63. The number of hydrogen-bond donors (Lipinski definition) is 0. The number of carbonyl (C=O) groups excluding carboxylic acids is 1. The number of esters is 1. The van der Waals surface area contributed by atoms with Crippen molar-refractivity contribution < 1.29 is 14.3 Å². The van der Waals surface area contributed by atoms with Crippen molar-refractivity contribution >= 4 is 44.9 Å². The molecule has 222 valence electrons. The summed E-state index contributed by atoms with van der Waals surface area (Å²) in [6.07, 6.45) is 2.67. The van der Waals surface area contributed by atoms with Gasteiger partial charge in [0.2, 0.25) is 0 Å². The Kier molecular flexibility index (Phi) is 8.85. The van der Waals surface area contributed by atoms with Gasteiger partial charge in [-0.1, -0.05) is 23.7 Å². The maximum atomic E-state index is 13.2. The predicted molar refractivity (Wildman–Crippen MR) is 170 cm³/mol. The fourth-order valence-corrected chi connectivity index (χ4v) is 6.53. The quantitative estimate of drug-likeness (QED) is 0.209. The van der Waals surface area contributed by atoms with E-state index < -0.39 is 17.7 Å². The highest BCUT2D eigenvalue weighted by Gasteiger charge is 2.33. The van der Waals surface area contributed by atoms with Crippen LogP contribution in [0.15, 0.2) is 42.7 Å². The van der Waals surface area contributed by atoms with E-state index in [9.17, 15) is 4.79 Å². The molecule has 1 aliphatic rings. The molecule has 2 aromatic heterocycles. The molecule has 5 rings (SSSR count). The van der Waals surface area contributed by atoms with Gasteiger partial charge in [-0.05, 0) is 70.9 Å². The molecule has 2 aromatic carbocycles. The number of fused-ring (bicyclic) bond motifs is 1. The van der Waals surface area contributed by atoms with E-state index in [1.165, 1.54) is 18.4 Å². The number of aromatic nitrogens is 3. The standard InChI is InChI=1S/C32H38ClN5O3S/c1-19(2)37-12-14-38(15-13-37)25-18-34-17-24(35-25)30-36-23-16-20(3)26(28(31(39)40-7)41-32(4,5)6)27(29(23)42-30)21-8-10-22(33)11-9-21/h8-11,16-19,28H,12-15H2,1-7H3. The molecular formula is C32H38ClN5O3S. The molecule has 1 saturated heterocycles. The molecule has 0 aliphatic carbocycles. The molecule has 1 unspecified atom stereocenters. The average Bonchev–Trinajstić information content (AvgIpc) is 3.39. The van der Waals surface area contributed by atoms with Crippen LogP contribution in [0.5, 0.6) is 0 Å². The molecule has 0 spiro atoms. The third-order valence-corrected chi connectivity index (χ3v) is 8.78. The summed E-state index contributed by atoms with van der Waals surface area (Å²) in [6.45, 7) is 16.0. The van der Waals surface area contributed by atoms with Gasteiger partial charge in [-0.15, -0.1) is 11.3 Å². The molecule has 0 amide bonds. The summed E-state index contributed by atoms with van der Waals surface area (Å²) in [6, 6.07) is 10.2. The minimum atomic E-state index is -0.928. The van der Waals surface area contributed by atoms with Gasteiger partial charge in [0.15, 0.2) is 6.10 Å². The maximum absolute atomic E-state index is 13.2. The Labute approximate surface area is 256 Å². The second-order valence-corrected chi connectivity index (χ2v) is 13.3. The number of anilines is 1. The predicted octanol–water partition coefficient (Wildman–Crippen LogP) is 6.94. The van der Waals surface area contributed by atoms with Crippen LogP contribution in [0.1, 0.15) is 51.8 Å². The fourth-order valence-electron chi connectivity index (χ4n) is 5.33. The van der Waals surface area contributed by atoms with Crippen LogP contribution in [0.25, 0.3) is 32.0 Å². The number of aryl methyl sites for hydroxylation is 1. The van der Waals surface area contributed by atoms with Gasteiger partial charge in [0, 0.05) is 48.4 Å². The fraction of sp³-hybridized carbons (Fsp3) is 0.438. The number of hydrogen-bond acceptors (Lipinski definition) is 9. The van der Waals surface area contributed by atoms with E-state index in [0.29, 0.717) is 11.1 Å². The van der Waals surface area contributed by atoms with Gasteiger partial charge < -0.3 is 14.4 Å². The third-order valence-electron chi connectivity index (χ3n) is 7.42. The van der Waals surface area contributed by atoms with Gasteiger partial charge >= 0.3 is 5.97 Å². The number of carbonyl (C=O) groups is 1. The van der Waals surface area contributed by atoms with Crippen molar-refractivity contribution in [2.24, 2.45) is 0 Å².